The van der Waals surface area contributed by atoms with E-state index in [4.69, 9.17) is 27.9 Å². The number of aromatic nitrogens is 1. The summed E-state index contributed by atoms with van der Waals surface area (Å²) in [5, 5.41) is 3.34. The first-order chi connectivity index (χ1) is 11.0. The summed E-state index contributed by atoms with van der Waals surface area (Å²) >= 11 is 11.6. The standard InChI is InChI=1S/C16H14Cl2N2O3/c1-2-13(15(21)20-12-5-3-4-11(17)9-12)23-16(22)10-6-7-19-14(18)8-10/h3-9,13H,2H2,1H3,(H,20,21). The van der Waals surface area contributed by atoms with Gasteiger partial charge in [-0.25, -0.2) is 9.78 Å². The van der Waals surface area contributed by atoms with Gasteiger partial charge >= 0.3 is 5.97 Å². The molecule has 5 nitrogen and oxygen atoms in total. The molecule has 1 amide bonds. The minimum Gasteiger partial charge on any atom is -0.449 e. The van der Waals surface area contributed by atoms with E-state index in [9.17, 15) is 9.59 Å². The second-order valence-corrected chi connectivity index (χ2v) is 5.49. The van der Waals surface area contributed by atoms with Gasteiger partial charge < -0.3 is 10.1 Å². The number of esters is 1. The third-order valence-corrected chi connectivity index (χ3v) is 3.41. The summed E-state index contributed by atoms with van der Waals surface area (Å²) in [5.74, 6) is -1.06. The van der Waals surface area contributed by atoms with Crippen molar-refractivity contribution in [2.24, 2.45) is 0 Å². The van der Waals surface area contributed by atoms with E-state index in [1.54, 1.807) is 31.2 Å². The summed E-state index contributed by atoms with van der Waals surface area (Å²) < 4.78 is 5.23. The van der Waals surface area contributed by atoms with Crippen molar-refractivity contribution in [1.29, 1.82) is 0 Å². The van der Waals surface area contributed by atoms with Crippen molar-refractivity contribution in [3.8, 4) is 0 Å². The smallest absolute Gasteiger partial charge is 0.339 e. The summed E-state index contributed by atoms with van der Waals surface area (Å²) in [6.45, 7) is 1.75. The lowest BCUT2D eigenvalue weighted by Crippen LogP contribution is -2.32. The molecule has 23 heavy (non-hydrogen) atoms. The largest absolute Gasteiger partial charge is 0.449 e. The Bertz CT molecular complexity index is 722. The van der Waals surface area contributed by atoms with Crippen molar-refractivity contribution in [1.82, 2.24) is 4.98 Å². The van der Waals surface area contributed by atoms with Gasteiger partial charge in [0.25, 0.3) is 5.91 Å². The van der Waals surface area contributed by atoms with Crippen molar-refractivity contribution in [2.45, 2.75) is 19.4 Å². The van der Waals surface area contributed by atoms with Crippen LogP contribution in [0.4, 0.5) is 5.69 Å². The maximum absolute atomic E-state index is 12.2. The lowest BCUT2D eigenvalue weighted by molar-refractivity contribution is -0.124. The maximum Gasteiger partial charge on any atom is 0.339 e. The van der Waals surface area contributed by atoms with E-state index in [0.29, 0.717) is 17.1 Å². The Balaban J connectivity index is 2.04. The summed E-state index contributed by atoms with van der Waals surface area (Å²) in [6.07, 6.45) is 0.802. The average Bonchev–Trinajstić information content (AvgIpc) is 2.52. The van der Waals surface area contributed by atoms with Crippen molar-refractivity contribution in [2.75, 3.05) is 5.32 Å². The summed E-state index contributed by atoms with van der Waals surface area (Å²) in [4.78, 5) is 28.1. The van der Waals surface area contributed by atoms with Crippen LogP contribution in [0.15, 0.2) is 42.6 Å². The minimum atomic E-state index is -0.923. The molecule has 0 aliphatic rings. The molecule has 0 aliphatic carbocycles. The molecule has 0 spiro atoms. The molecule has 1 unspecified atom stereocenters. The van der Waals surface area contributed by atoms with Crippen LogP contribution >= 0.6 is 23.2 Å². The van der Waals surface area contributed by atoms with Crippen LogP contribution in [0.25, 0.3) is 0 Å². The van der Waals surface area contributed by atoms with Crippen LogP contribution in [0, 0.1) is 0 Å². The number of carbonyl (C=O) groups is 2. The number of nitrogens with one attached hydrogen (secondary N) is 1. The number of ether oxygens (including phenoxy) is 1. The predicted octanol–water partition coefficient (Wildman–Crippen LogP) is 3.96. The number of amides is 1. The molecule has 1 N–H and O–H groups in total. The number of rotatable bonds is 5. The molecule has 1 atom stereocenters. The molecule has 1 aromatic heterocycles. The van der Waals surface area contributed by atoms with E-state index in [1.807, 2.05) is 0 Å². The number of anilines is 1. The van der Waals surface area contributed by atoms with E-state index in [2.05, 4.69) is 10.3 Å². The SMILES string of the molecule is CCC(OC(=O)c1ccnc(Cl)c1)C(=O)Nc1cccc(Cl)c1. The zero-order chi connectivity index (χ0) is 16.8. The molecule has 0 radical (unpaired) electrons. The van der Waals surface area contributed by atoms with Crippen LogP contribution in [0.1, 0.15) is 23.7 Å². The first kappa shape index (κ1) is 17.2. The maximum atomic E-state index is 12.2. The minimum absolute atomic E-state index is 0.177. The third kappa shape index (κ3) is 4.94. The molecule has 1 aromatic carbocycles. The van der Waals surface area contributed by atoms with Gasteiger partial charge in [-0.3, -0.25) is 4.79 Å². The molecule has 7 heteroatoms. The van der Waals surface area contributed by atoms with Gasteiger partial charge in [0.05, 0.1) is 5.56 Å². The van der Waals surface area contributed by atoms with E-state index in [1.165, 1.54) is 18.3 Å². The summed E-state index contributed by atoms with van der Waals surface area (Å²) in [7, 11) is 0. The second-order valence-electron chi connectivity index (χ2n) is 4.67. The zero-order valence-electron chi connectivity index (χ0n) is 12.3. The highest BCUT2D eigenvalue weighted by Gasteiger charge is 2.22. The Labute approximate surface area is 143 Å². The fourth-order valence-corrected chi connectivity index (χ4v) is 2.20. The van der Waals surface area contributed by atoms with E-state index < -0.39 is 18.0 Å². The number of benzene rings is 1. The van der Waals surface area contributed by atoms with Crippen LogP contribution in [0.5, 0.6) is 0 Å². The second kappa shape index (κ2) is 7.94. The highest BCUT2D eigenvalue weighted by molar-refractivity contribution is 6.31. The Morgan fingerprint density at radius 1 is 1.26 bits per heavy atom. The lowest BCUT2D eigenvalue weighted by Gasteiger charge is -2.16. The molecule has 120 valence electrons. The Morgan fingerprint density at radius 3 is 2.70 bits per heavy atom. The summed E-state index contributed by atoms with van der Waals surface area (Å²) in [6, 6.07) is 9.56. The van der Waals surface area contributed by atoms with Gasteiger partial charge in [-0.1, -0.05) is 36.2 Å². The Kier molecular flexibility index (Phi) is 5.96. The van der Waals surface area contributed by atoms with Crippen molar-refractivity contribution < 1.29 is 14.3 Å². The van der Waals surface area contributed by atoms with Gasteiger partial charge in [0.15, 0.2) is 6.10 Å². The number of hydrogen-bond acceptors (Lipinski definition) is 4. The quantitative estimate of drug-likeness (QED) is 0.653. The van der Waals surface area contributed by atoms with Crippen molar-refractivity contribution in [3.63, 3.8) is 0 Å². The lowest BCUT2D eigenvalue weighted by atomic mass is 10.2. The number of halogens is 2. The van der Waals surface area contributed by atoms with E-state index in [0.717, 1.165) is 0 Å². The summed E-state index contributed by atoms with van der Waals surface area (Å²) in [5.41, 5.74) is 0.767. The number of pyridine rings is 1. The van der Waals surface area contributed by atoms with Crippen LogP contribution < -0.4 is 5.32 Å². The zero-order valence-corrected chi connectivity index (χ0v) is 13.8. The van der Waals surface area contributed by atoms with Gasteiger partial charge in [-0.05, 0) is 36.8 Å². The molecule has 1 heterocycles. The van der Waals surface area contributed by atoms with Crippen molar-refractivity contribution in [3.05, 3.63) is 58.3 Å². The topological polar surface area (TPSA) is 68.3 Å². The fourth-order valence-electron chi connectivity index (χ4n) is 1.84. The Hall–Kier alpha value is -2.11. The molecule has 0 bridgehead atoms. The van der Waals surface area contributed by atoms with E-state index in [-0.39, 0.29) is 10.7 Å². The van der Waals surface area contributed by atoms with Crippen LogP contribution in [0.2, 0.25) is 10.2 Å². The van der Waals surface area contributed by atoms with Crippen LogP contribution in [0.3, 0.4) is 0 Å². The van der Waals surface area contributed by atoms with Gasteiger partial charge in [0, 0.05) is 16.9 Å². The number of hydrogen-bond donors (Lipinski definition) is 1. The van der Waals surface area contributed by atoms with Crippen molar-refractivity contribution >= 4 is 40.8 Å². The molecule has 0 aliphatic heterocycles. The molecular weight excluding hydrogens is 339 g/mol. The normalized spacial score (nSPS) is 11.6. The molecule has 2 aromatic rings. The molecule has 0 fully saturated rings. The molecule has 0 saturated heterocycles. The van der Waals surface area contributed by atoms with Gasteiger partial charge in [0.1, 0.15) is 5.15 Å². The van der Waals surface area contributed by atoms with Gasteiger partial charge in [0.2, 0.25) is 0 Å². The number of carbonyl (C=O) groups excluding carboxylic acids is 2. The molecule has 0 saturated carbocycles. The van der Waals surface area contributed by atoms with Gasteiger partial charge in [-0.15, -0.1) is 0 Å². The highest BCUT2D eigenvalue weighted by atomic mass is 35.5. The fraction of sp³-hybridized carbons (Fsp3) is 0.188. The molecular formula is C16H14Cl2N2O3. The van der Waals surface area contributed by atoms with E-state index >= 15 is 0 Å². The first-order valence-corrected chi connectivity index (χ1v) is 7.64. The monoisotopic (exact) mass is 352 g/mol. The first-order valence-electron chi connectivity index (χ1n) is 6.88. The Morgan fingerprint density at radius 2 is 2.04 bits per heavy atom. The molecule has 2 rings (SSSR count). The highest BCUT2D eigenvalue weighted by Crippen LogP contribution is 2.16. The van der Waals surface area contributed by atoms with Gasteiger partial charge in [-0.2, -0.15) is 0 Å². The third-order valence-electron chi connectivity index (χ3n) is 2.97. The van der Waals surface area contributed by atoms with Crippen LogP contribution in [-0.2, 0) is 9.53 Å². The predicted molar refractivity (Wildman–Crippen MR) is 88.8 cm³/mol. The average molecular weight is 353 g/mol. The number of nitrogens with zero attached hydrogens (tertiary/aromatic N) is 1. The van der Waals surface area contributed by atoms with Crippen LogP contribution in [-0.4, -0.2) is 23.0 Å².